The minimum absolute atomic E-state index is 0.249. The second-order valence-corrected chi connectivity index (χ2v) is 9.63. The molecule has 7 nitrogen and oxygen atoms in total. The summed E-state index contributed by atoms with van der Waals surface area (Å²) in [5.41, 5.74) is 3.84. The van der Waals surface area contributed by atoms with Gasteiger partial charge < -0.3 is 29.2 Å². The number of benzene rings is 2. The highest BCUT2D eigenvalue weighted by molar-refractivity contribution is 5.77. The molecule has 1 aliphatic rings. The van der Waals surface area contributed by atoms with Crippen molar-refractivity contribution in [2.24, 2.45) is 5.92 Å². The van der Waals surface area contributed by atoms with Crippen LogP contribution in [0.4, 0.5) is 10.2 Å². The van der Waals surface area contributed by atoms with Crippen LogP contribution in [0.2, 0.25) is 0 Å². The molecular weight excluding hydrogens is 521 g/mol. The van der Waals surface area contributed by atoms with E-state index in [-0.39, 0.29) is 5.82 Å². The summed E-state index contributed by atoms with van der Waals surface area (Å²) < 4.78 is 29.6. The molecule has 1 N–H and O–H groups in total. The van der Waals surface area contributed by atoms with Gasteiger partial charge in [-0.15, -0.1) is 0 Å². The third-order valence-electron chi connectivity index (χ3n) is 5.91. The van der Waals surface area contributed by atoms with E-state index in [4.69, 9.17) is 19.2 Å². The fourth-order valence-electron chi connectivity index (χ4n) is 4.10. The molecule has 0 amide bonds. The number of hydrogen-bond acceptors (Lipinski definition) is 7. The zero-order valence-corrected chi connectivity index (χ0v) is 25.4. The first-order valence-electron chi connectivity index (χ1n) is 14.5. The molecule has 41 heavy (non-hydrogen) atoms. The Balaban J connectivity index is 0.000000298. The Kier molecular flexibility index (Phi) is 15.4. The summed E-state index contributed by atoms with van der Waals surface area (Å²) in [5, 5.41) is 2.98. The summed E-state index contributed by atoms with van der Waals surface area (Å²) in [6.45, 7) is 15.0. The normalized spacial score (nSPS) is 12.5. The Morgan fingerprint density at radius 2 is 1.73 bits per heavy atom. The molecule has 3 aromatic rings. The van der Waals surface area contributed by atoms with Gasteiger partial charge in [-0.25, -0.2) is 9.37 Å². The molecule has 1 fully saturated rings. The van der Waals surface area contributed by atoms with Gasteiger partial charge in [0, 0.05) is 43.4 Å². The molecule has 0 unspecified atom stereocenters. The van der Waals surface area contributed by atoms with E-state index in [1.807, 2.05) is 70.3 Å². The fraction of sp³-hybridized carbons (Fsp3) is 0.455. The number of pyridine rings is 1. The number of ether oxygens (including phenoxy) is 3. The maximum Gasteiger partial charge on any atom is 0.136 e. The molecule has 1 saturated heterocycles. The fourth-order valence-corrected chi connectivity index (χ4v) is 4.10. The highest BCUT2D eigenvalue weighted by Crippen LogP contribution is 2.31. The number of morpholine rings is 1. The Morgan fingerprint density at radius 1 is 1.02 bits per heavy atom. The van der Waals surface area contributed by atoms with Crippen LogP contribution in [0.25, 0.3) is 11.1 Å². The summed E-state index contributed by atoms with van der Waals surface area (Å²) >= 11 is 0. The van der Waals surface area contributed by atoms with Crippen molar-refractivity contribution >= 4 is 12.1 Å². The Bertz CT molecular complexity index is 1170. The van der Waals surface area contributed by atoms with Gasteiger partial charge in [-0.05, 0) is 67.4 Å². The molecule has 2 heterocycles. The van der Waals surface area contributed by atoms with Crippen LogP contribution >= 0.6 is 0 Å². The number of carbonyl (C=O) groups is 1. The van der Waals surface area contributed by atoms with Gasteiger partial charge in [0.05, 0.1) is 26.4 Å². The van der Waals surface area contributed by atoms with Crippen LogP contribution < -0.4 is 19.7 Å². The maximum absolute atomic E-state index is 13.2. The average Bonchev–Trinajstić information content (AvgIpc) is 2.99. The molecule has 8 heteroatoms. The number of hydrogen-bond donors (Lipinski definition) is 1. The van der Waals surface area contributed by atoms with Gasteiger partial charge in [0.2, 0.25) is 0 Å². The predicted molar refractivity (Wildman–Crippen MR) is 164 cm³/mol. The number of aldehydes is 1. The van der Waals surface area contributed by atoms with Crippen molar-refractivity contribution in [2.45, 2.75) is 47.6 Å². The molecule has 0 saturated carbocycles. The summed E-state index contributed by atoms with van der Waals surface area (Å²) in [5.74, 6) is 2.58. The SMILES string of the molecule is CC.CCOc1ccc(-c2ccc(CC=O)nc2N2CCOCC2)cc1.CNCc1cc(F)cc(OCC(C)C)c1. The number of rotatable bonds is 11. The molecule has 4 rings (SSSR count). The van der Waals surface area contributed by atoms with E-state index in [0.717, 1.165) is 53.3 Å². The number of anilines is 1. The van der Waals surface area contributed by atoms with Gasteiger partial charge in [-0.3, -0.25) is 0 Å². The van der Waals surface area contributed by atoms with Crippen LogP contribution in [0, 0.1) is 11.7 Å². The average molecular weight is 568 g/mol. The monoisotopic (exact) mass is 567 g/mol. The molecule has 1 aromatic heterocycles. The van der Waals surface area contributed by atoms with Crippen LogP contribution in [0.15, 0.2) is 54.6 Å². The number of aromatic nitrogens is 1. The van der Waals surface area contributed by atoms with Crippen molar-refractivity contribution < 1.29 is 23.4 Å². The minimum Gasteiger partial charge on any atom is -0.494 e. The second-order valence-electron chi connectivity index (χ2n) is 9.63. The van der Waals surface area contributed by atoms with E-state index in [2.05, 4.69) is 24.1 Å². The van der Waals surface area contributed by atoms with Gasteiger partial charge in [0.25, 0.3) is 0 Å². The first-order valence-corrected chi connectivity index (χ1v) is 14.5. The lowest BCUT2D eigenvalue weighted by atomic mass is 10.0. The zero-order valence-electron chi connectivity index (χ0n) is 25.4. The molecule has 0 aliphatic carbocycles. The van der Waals surface area contributed by atoms with Crippen molar-refractivity contribution in [1.82, 2.24) is 10.3 Å². The van der Waals surface area contributed by atoms with Crippen LogP contribution in [0.1, 0.15) is 45.9 Å². The lowest BCUT2D eigenvalue weighted by Gasteiger charge is -2.30. The maximum atomic E-state index is 13.2. The number of halogens is 1. The van der Waals surface area contributed by atoms with Crippen LogP contribution in [0.5, 0.6) is 11.5 Å². The van der Waals surface area contributed by atoms with Gasteiger partial charge in [-0.1, -0.05) is 39.8 Å². The zero-order chi connectivity index (χ0) is 30.0. The van der Waals surface area contributed by atoms with E-state index < -0.39 is 0 Å². The quantitative estimate of drug-likeness (QED) is 0.272. The van der Waals surface area contributed by atoms with Crippen LogP contribution in [-0.2, 0) is 22.5 Å². The minimum atomic E-state index is -0.249. The number of nitrogens with zero attached hydrogens (tertiary/aromatic N) is 2. The third-order valence-corrected chi connectivity index (χ3v) is 5.91. The molecule has 2 aromatic carbocycles. The molecule has 224 valence electrons. The molecular formula is C33H46FN3O4. The first-order chi connectivity index (χ1) is 19.9. The Morgan fingerprint density at radius 3 is 2.34 bits per heavy atom. The summed E-state index contributed by atoms with van der Waals surface area (Å²) in [6.07, 6.45) is 1.23. The predicted octanol–water partition coefficient (Wildman–Crippen LogP) is 6.33. The van der Waals surface area contributed by atoms with Crippen molar-refractivity contribution in [1.29, 1.82) is 0 Å². The van der Waals surface area contributed by atoms with Gasteiger partial charge in [0.15, 0.2) is 0 Å². The summed E-state index contributed by atoms with van der Waals surface area (Å²) in [4.78, 5) is 17.8. The van der Waals surface area contributed by atoms with Crippen molar-refractivity contribution in [2.75, 3.05) is 51.5 Å². The molecule has 0 bridgehead atoms. The van der Waals surface area contributed by atoms with Gasteiger partial charge in [0.1, 0.15) is 29.4 Å². The third kappa shape index (κ3) is 11.5. The molecule has 0 radical (unpaired) electrons. The van der Waals surface area contributed by atoms with E-state index in [1.165, 1.54) is 12.1 Å². The molecule has 0 atom stereocenters. The van der Waals surface area contributed by atoms with E-state index in [1.54, 1.807) is 0 Å². The number of carbonyl (C=O) groups excluding carboxylic acids is 1. The highest BCUT2D eigenvalue weighted by Gasteiger charge is 2.18. The van der Waals surface area contributed by atoms with Crippen molar-refractivity contribution in [3.05, 3.63) is 71.7 Å². The molecule has 1 aliphatic heterocycles. The van der Waals surface area contributed by atoms with Gasteiger partial charge in [-0.2, -0.15) is 0 Å². The molecule has 0 spiro atoms. The lowest BCUT2D eigenvalue weighted by molar-refractivity contribution is -0.107. The standard InChI is InChI=1S/C19H22N2O3.C12H18FNO.C2H6/c1-2-24-17-6-3-15(4-7-17)18-8-5-16(9-12-22)20-19(18)21-10-13-23-14-11-21;1-9(2)8-15-12-5-10(7-14-3)4-11(13)6-12;1-2/h3-8,12H,2,9-11,13-14H2,1H3;4-6,9,14H,7-8H2,1-3H3;1-2H3. The van der Waals surface area contributed by atoms with E-state index in [9.17, 15) is 9.18 Å². The van der Waals surface area contributed by atoms with Crippen molar-refractivity contribution in [3.8, 4) is 22.6 Å². The Hall–Kier alpha value is -3.49. The number of nitrogens with one attached hydrogen (secondary N) is 1. The van der Waals surface area contributed by atoms with Crippen molar-refractivity contribution in [3.63, 3.8) is 0 Å². The van der Waals surface area contributed by atoms with E-state index in [0.29, 0.717) is 51.1 Å². The largest absolute Gasteiger partial charge is 0.494 e. The summed E-state index contributed by atoms with van der Waals surface area (Å²) in [7, 11) is 1.83. The first kappa shape index (κ1) is 33.7. The second kappa shape index (κ2) is 18.8. The lowest BCUT2D eigenvalue weighted by Crippen LogP contribution is -2.37. The summed E-state index contributed by atoms with van der Waals surface area (Å²) in [6, 6.07) is 16.8. The van der Waals surface area contributed by atoms with Crippen LogP contribution in [-0.4, -0.2) is 57.8 Å². The highest BCUT2D eigenvalue weighted by atomic mass is 19.1. The topological polar surface area (TPSA) is 72.9 Å². The smallest absolute Gasteiger partial charge is 0.136 e. The van der Waals surface area contributed by atoms with Crippen LogP contribution in [0.3, 0.4) is 0 Å². The van der Waals surface area contributed by atoms with E-state index >= 15 is 0 Å². The van der Waals surface area contributed by atoms with Gasteiger partial charge >= 0.3 is 0 Å². The Labute approximate surface area is 245 Å².